The number of aromatic nitrogens is 1. The monoisotopic (exact) mass is 411 g/mol. The summed E-state index contributed by atoms with van der Waals surface area (Å²) in [6.45, 7) is 8.31. The third kappa shape index (κ3) is 3.68. The van der Waals surface area contributed by atoms with Gasteiger partial charge in [-0.3, -0.25) is 4.79 Å². The molecule has 1 saturated carbocycles. The number of ether oxygens (including phenoxy) is 1. The highest BCUT2D eigenvalue weighted by Crippen LogP contribution is 2.51. The van der Waals surface area contributed by atoms with Gasteiger partial charge in [-0.05, 0) is 46.1 Å². The average molecular weight is 412 g/mol. The van der Waals surface area contributed by atoms with Crippen LogP contribution in [0.15, 0.2) is 28.8 Å². The van der Waals surface area contributed by atoms with Gasteiger partial charge in [0.25, 0.3) is 5.91 Å². The minimum absolute atomic E-state index is 0.177. The molecule has 1 aliphatic carbocycles. The molecule has 160 valence electrons. The van der Waals surface area contributed by atoms with E-state index in [-0.39, 0.29) is 24.1 Å². The Hall–Kier alpha value is -2.83. The van der Waals surface area contributed by atoms with Gasteiger partial charge in [-0.2, -0.15) is 0 Å². The molecule has 0 N–H and O–H groups in total. The number of amides is 2. The van der Waals surface area contributed by atoms with Crippen LogP contribution >= 0.6 is 0 Å². The van der Waals surface area contributed by atoms with Crippen molar-refractivity contribution in [3.05, 3.63) is 52.4 Å². The Kier molecular flexibility index (Phi) is 4.87. The fourth-order valence-electron chi connectivity index (χ4n) is 4.01. The van der Waals surface area contributed by atoms with Gasteiger partial charge in [0.15, 0.2) is 5.69 Å². The number of carbonyl (C=O) groups excluding carboxylic acids is 2. The summed E-state index contributed by atoms with van der Waals surface area (Å²) < 4.78 is 11.0. The normalized spacial score (nSPS) is 17.3. The van der Waals surface area contributed by atoms with E-state index in [1.807, 2.05) is 27.8 Å². The molecule has 0 unspecified atom stereocenters. The number of benzene rings is 1. The number of fused-ring (bicyclic) bond motifs is 1. The first kappa shape index (κ1) is 20.4. The third-order valence-electron chi connectivity index (χ3n) is 5.94. The van der Waals surface area contributed by atoms with Crippen LogP contribution in [0.1, 0.15) is 66.6 Å². The standard InChI is InChI=1S/C23H29N3O4/c1-15-6-8-16(9-7-15)23(11-12-23)25(5)20(27)19-17-14-26(13-10-18(17)30-24-19)21(28)29-22(2,3)4/h6-9H,10-14H2,1-5H3. The van der Waals surface area contributed by atoms with E-state index in [4.69, 9.17) is 9.26 Å². The fraction of sp³-hybridized carbons (Fsp3) is 0.522. The lowest BCUT2D eigenvalue weighted by molar-refractivity contribution is 0.0217. The number of hydrogen-bond donors (Lipinski definition) is 0. The van der Waals surface area contributed by atoms with Gasteiger partial charge < -0.3 is 19.1 Å². The first-order valence-electron chi connectivity index (χ1n) is 10.4. The van der Waals surface area contributed by atoms with Crippen LogP contribution in [0.2, 0.25) is 0 Å². The summed E-state index contributed by atoms with van der Waals surface area (Å²) in [5, 5.41) is 4.09. The van der Waals surface area contributed by atoms with Crippen molar-refractivity contribution in [2.24, 2.45) is 0 Å². The molecular weight excluding hydrogens is 382 g/mol. The van der Waals surface area contributed by atoms with Crippen molar-refractivity contribution in [2.45, 2.75) is 64.6 Å². The Balaban J connectivity index is 1.55. The van der Waals surface area contributed by atoms with Gasteiger partial charge in [0.1, 0.15) is 11.4 Å². The smallest absolute Gasteiger partial charge is 0.410 e. The molecule has 2 heterocycles. The number of aryl methyl sites for hydroxylation is 1. The van der Waals surface area contributed by atoms with E-state index >= 15 is 0 Å². The number of rotatable bonds is 3. The Bertz CT molecular complexity index is 967. The maximum Gasteiger partial charge on any atom is 0.410 e. The molecule has 0 bridgehead atoms. The molecule has 1 aromatic heterocycles. The van der Waals surface area contributed by atoms with Crippen molar-refractivity contribution in [1.82, 2.24) is 15.0 Å². The highest BCUT2D eigenvalue weighted by molar-refractivity contribution is 5.94. The van der Waals surface area contributed by atoms with Crippen LogP contribution in [0.5, 0.6) is 0 Å². The first-order chi connectivity index (χ1) is 14.1. The van der Waals surface area contributed by atoms with Gasteiger partial charge in [-0.25, -0.2) is 4.79 Å². The molecule has 1 fully saturated rings. The molecule has 7 nitrogen and oxygen atoms in total. The second-order valence-electron chi connectivity index (χ2n) is 9.35. The SMILES string of the molecule is Cc1ccc(C2(N(C)C(=O)c3noc4c3CN(C(=O)OC(C)(C)C)CC4)CC2)cc1. The molecule has 2 aliphatic rings. The molecule has 7 heteroatoms. The van der Waals surface area contributed by atoms with Gasteiger partial charge in [0, 0.05) is 25.6 Å². The Labute approximate surface area is 177 Å². The van der Waals surface area contributed by atoms with E-state index in [0.29, 0.717) is 30.0 Å². The maximum atomic E-state index is 13.4. The van der Waals surface area contributed by atoms with Crippen molar-refractivity contribution < 1.29 is 18.8 Å². The molecule has 0 spiro atoms. The zero-order valence-corrected chi connectivity index (χ0v) is 18.3. The van der Waals surface area contributed by atoms with Gasteiger partial charge in [0.05, 0.1) is 12.1 Å². The van der Waals surface area contributed by atoms with Crippen LogP contribution in [0.3, 0.4) is 0 Å². The Morgan fingerprint density at radius 3 is 2.47 bits per heavy atom. The lowest BCUT2D eigenvalue weighted by atomic mass is 10.0. The van der Waals surface area contributed by atoms with E-state index < -0.39 is 5.60 Å². The van der Waals surface area contributed by atoms with E-state index in [9.17, 15) is 9.59 Å². The Morgan fingerprint density at radius 1 is 1.20 bits per heavy atom. The van der Waals surface area contributed by atoms with Gasteiger partial charge in [0.2, 0.25) is 0 Å². The van der Waals surface area contributed by atoms with Crippen molar-refractivity contribution in [3.63, 3.8) is 0 Å². The summed E-state index contributed by atoms with van der Waals surface area (Å²) >= 11 is 0. The number of carbonyl (C=O) groups is 2. The molecule has 30 heavy (non-hydrogen) atoms. The van der Waals surface area contributed by atoms with Crippen LogP contribution in [0.25, 0.3) is 0 Å². The molecule has 1 aliphatic heterocycles. The van der Waals surface area contributed by atoms with Crippen LogP contribution in [0, 0.1) is 6.92 Å². The largest absolute Gasteiger partial charge is 0.444 e. The van der Waals surface area contributed by atoms with Crippen molar-refractivity contribution in [1.29, 1.82) is 0 Å². The van der Waals surface area contributed by atoms with Crippen molar-refractivity contribution in [2.75, 3.05) is 13.6 Å². The zero-order valence-electron chi connectivity index (χ0n) is 18.3. The molecule has 0 atom stereocenters. The highest BCUT2D eigenvalue weighted by atomic mass is 16.6. The van der Waals surface area contributed by atoms with E-state index in [2.05, 4.69) is 36.3 Å². The summed E-state index contributed by atoms with van der Waals surface area (Å²) in [5.41, 5.74) is 2.43. The summed E-state index contributed by atoms with van der Waals surface area (Å²) in [4.78, 5) is 29.3. The maximum absolute atomic E-state index is 13.4. The predicted octanol–water partition coefficient (Wildman–Crippen LogP) is 4.04. The minimum atomic E-state index is -0.572. The quantitative estimate of drug-likeness (QED) is 0.762. The molecule has 4 rings (SSSR count). The minimum Gasteiger partial charge on any atom is -0.444 e. The summed E-state index contributed by atoms with van der Waals surface area (Å²) in [6, 6.07) is 8.33. The second kappa shape index (κ2) is 7.15. The van der Waals surface area contributed by atoms with Crippen molar-refractivity contribution >= 4 is 12.0 Å². The predicted molar refractivity (Wildman–Crippen MR) is 111 cm³/mol. The van der Waals surface area contributed by atoms with Crippen LogP contribution < -0.4 is 0 Å². The second-order valence-corrected chi connectivity index (χ2v) is 9.35. The topological polar surface area (TPSA) is 75.9 Å². The Morgan fingerprint density at radius 2 is 1.87 bits per heavy atom. The molecule has 1 aromatic carbocycles. The molecule has 2 aromatic rings. The highest BCUT2D eigenvalue weighted by Gasteiger charge is 2.51. The van der Waals surface area contributed by atoms with E-state index in [0.717, 1.165) is 18.4 Å². The fourth-order valence-corrected chi connectivity index (χ4v) is 4.01. The number of hydrogen-bond acceptors (Lipinski definition) is 5. The van der Waals surface area contributed by atoms with Crippen LogP contribution in [-0.2, 0) is 23.2 Å². The summed E-state index contributed by atoms with van der Waals surface area (Å²) in [7, 11) is 1.82. The van der Waals surface area contributed by atoms with E-state index in [1.165, 1.54) is 5.56 Å². The van der Waals surface area contributed by atoms with Crippen LogP contribution in [0.4, 0.5) is 4.79 Å². The summed E-state index contributed by atoms with van der Waals surface area (Å²) in [6.07, 6.45) is 1.96. The zero-order chi connectivity index (χ0) is 21.7. The first-order valence-corrected chi connectivity index (χ1v) is 10.4. The van der Waals surface area contributed by atoms with Gasteiger partial charge in [-0.1, -0.05) is 35.0 Å². The molecular formula is C23H29N3O4. The van der Waals surface area contributed by atoms with Crippen LogP contribution in [-0.4, -0.2) is 46.2 Å². The van der Waals surface area contributed by atoms with Gasteiger partial charge in [-0.15, -0.1) is 0 Å². The number of nitrogens with zero attached hydrogens (tertiary/aromatic N) is 3. The van der Waals surface area contributed by atoms with E-state index in [1.54, 1.807) is 9.80 Å². The molecule has 0 radical (unpaired) electrons. The summed E-state index contributed by atoms with van der Waals surface area (Å²) in [5.74, 6) is 0.496. The third-order valence-corrected chi connectivity index (χ3v) is 5.94. The van der Waals surface area contributed by atoms with Gasteiger partial charge >= 0.3 is 6.09 Å². The lowest BCUT2D eigenvalue weighted by Crippen LogP contribution is -2.41. The lowest BCUT2D eigenvalue weighted by Gasteiger charge is -2.30. The molecule has 0 saturated heterocycles. The molecule has 2 amide bonds. The van der Waals surface area contributed by atoms with Crippen molar-refractivity contribution in [3.8, 4) is 0 Å². The average Bonchev–Trinajstić information content (AvgIpc) is 3.39.